The standard InChI is InChI=1S/C28H48O/c1-19(21(3)18-29)9-10-20(2)24-13-14-25-23-12-11-22-8-6-7-16-27(22,4)26(23)15-17-28(24,25)5/h9,20-26,29H,6-8,10-18H2,1-5H3/t20-,21?,22?,23+,24-,25+,26+,27+,28-/m1/s1. The van der Waals surface area contributed by atoms with Crippen LogP contribution in [-0.2, 0) is 0 Å². The molecule has 4 saturated carbocycles. The predicted octanol–water partition coefficient (Wildman–Crippen LogP) is 7.64. The van der Waals surface area contributed by atoms with E-state index >= 15 is 0 Å². The number of aliphatic hydroxyl groups is 1. The van der Waals surface area contributed by atoms with Crippen molar-refractivity contribution in [1.82, 2.24) is 0 Å². The molecule has 4 aliphatic rings. The molecule has 0 saturated heterocycles. The molecule has 0 spiro atoms. The first-order valence-corrected chi connectivity index (χ1v) is 13.1. The van der Waals surface area contributed by atoms with Crippen LogP contribution < -0.4 is 0 Å². The van der Waals surface area contributed by atoms with Crippen LogP contribution in [0.15, 0.2) is 11.6 Å². The number of hydrogen-bond acceptors (Lipinski definition) is 1. The van der Waals surface area contributed by atoms with E-state index in [1.165, 1.54) is 69.8 Å². The van der Waals surface area contributed by atoms with E-state index < -0.39 is 0 Å². The Bertz CT molecular complexity index is 607. The second-order valence-corrected chi connectivity index (χ2v) is 12.4. The van der Waals surface area contributed by atoms with Gasteiger partial charge in [0.25, 0.3) is 0 Å². The quantitative estimate of drug-likeness (QED) is 0.470. The molecule has 0 bridgehead atoms. The monoisotopic (exact) mass is 400 g/mol. The van der Waals surface area contributed by atoms with Gasteiger partial charge in [-0.1, -0.05) is 52.2 Å². The van der Waals surface area contributed by atoms with E-state index in [2.05, 4.69) is 40.7 Å². The van der Waals surface area contributed by atoms with Gasteiger partial charge in [-0.25, -0.2) is 0 Å². The van der Waals surface area contributed by atoms with Gasteiger partial charge in [0.2, 0.25) is 0 Å². The summed E-state index contributed by atoms with van der Waals surface area (Å²) in [6.45, 7) is 12.6. The van der Waals surface area contributed by atoms with Crippen LogP contribution in [0.3, 0.4) is 0 Å². The minimum absolute atomic E-state index is 0.281. The highest BCUT2D eigenvalue weighted by Gasteiger charge is 2.59. The van der Waals surface area contributed by atoms with Crippen molar-refractivity contribution in [3.63, 3.8) is 0 Å². The third kappa shape index (κ3) is 3.66. The minimum Gasteiger partial charge on any atom is -0.396 e. The number of fused-ring (bicyclic) bond motifs is 5. The highest BCUT2D eigenvalue weighted by molar-refractivity contribution is 5.10. The summed E-state index contributed by atoms with van der Waals surface area (Å²) in [4.78, 5) is 0. The third-order valence-corrected chi connectivity index (χ3v) is 11.2. The Hall–Kier alpha value is -0.300. The molecular formula is C28H48O. The third-order valence-electron chi connectivity index (χ3n) is 11.2. The Kier molecular flexibility index (Phi) is 6.29. The van der Waals surface area contributed by atoms with Crippen LogP contribution in [0.2, 0.25) is 0 Å². The van der Waals surface area contributed by atoms with E-state index in [4.69, 9.17) is 0 Å². The topological polar surface area (TPSA) is 20.2 Å². The molecular weight excluding hydrogens is 352 g/mol. The highest BCUT2D eigenvalue weighted by Crippen LogP contribution is 2.68. The summed E-state index contributed by atoms with van der Waals surface area (Å²) in [6, 6.07) is 0. The molecule has 9 atom stereocenters. The average molecular weight is 401 g/mol. The maximum absolute atomic E-state index is 9.45. The second-order valence-electron chi connectivity index (χ2n) is 12.4. The van der Waals surface area contributed by atoms with Crippen LogP contribution in [0.5, 0.6) is 0 Å². The molecule has 1 heteroatoms. The summed E-state index contributed by atoms with van der Waals surface area (Å²) in [5.74, 6) is 6.09. The lowest BCUT2D eigenvalue weighted by atomic mass is 9.44. The molecule has 29 heavy (non-hydrogen) atoms. The molecule has 4 aliphatic carbocycles. The number of aliphatic hydroxyl groups excluding tert-OH is 1. The van der Waals surface area contributed by atoms with Gasteiger partial charge in [0.1, 0.15) is 0 Å². The van der Waals surface area contributed by atoms with E-state index in [1.807, 2.05) is 0 Å². The van der Waals surface area contributed by atoms with Crippen molar-refractivity contribution in [2.45, 2.75) is 105 Å². The average Bonchev–Trinajstić information content (AvgIpc) is 3.08. The van der Waals surface area contributed by atoms with Crippen molar-refractivity contribution >= 4 is 0 Å². The summed E-state index contributed by atoms with van der Waals surface area (Å²) in [6.07, 6.45) is 18.8. The Morgan fingerprint density at radius 2 is 1.69 bits per heavy atom. The number of allylic oxidation sites excluding steroid dienone is 1. The largest absolute Gasteiger partial charge is 0.396 e. The van der Waals surface area contributed by atoms with Crippen molar-refractivity contribution < 1.29 is 5.11 Å². The van der Waals surface area contributed by atoms with Gasteiger partial charge in [-0.3, -0.25) is 0 Å². The Balaban J connectivity index is 1.48. The summed E-state index contributed by atoms with van der Waals surface area (Å²) in [7, 11) is 0. The van der Waals surface area contributed by atoms with Crippen LogP contribution in [0.1, 0.15) is 105 Å². The van der Waals surface area contributed by atoms with Crippen molar-refractivity contribution in [2.24, 2.45) is 52.3 Å². The van der Waals surface area contributed by atoms with E-state index in [0.29, 0.717) is 16.7 Å². The molecule has 0 aliphatic heterocycles. The van der Waals surface area contributed by atoms with Gasteiger partial charge in [0, 0.05) is 6.61 Å². The molecule has 1 nitrogen and oxygen atoms in total. The van der Waals surface area contributed by atoms with Crippen LogP contribution in [0, 0.1) is 52.3 Å². The van der Waals surface area contributed by atoms with Crippen molar-refractivity contribution in [2.75, 3.05) is 6.61 Å². The fourth-order valence-electron chi connectivity index (χ4n) is 9.15. The zero-order chi connectivity index (χ0) is 20.8. The fraction of sp³-hybridized carbons (Fsp3) is 0.929. The normalized spacial score (nSPS) is 47.1. The maximum Gasteiger partial charge on any atom is 0.0493 e. The van der Waals surface area contributed by atoms with Crippen LogP contribution >= 0.6 is 0 Å². The Morgan fingerprint density at radius 3 is 2.45 bits per heavy atom. The molecule has 4 rings (SSSR count). The van der Waals surface area contributed by atoms with Gasteiger partial charge in [-0.2, -0.15) is 0 Å². The van der Waals surface area contributed by atoms with Gasteiger partial charge < -0.3 is 5.11 Å². The van der Waals surface area contributed by atoms with Crippen LogP contribution in [0.4, 0.5) is 0 Å². The van der Waals surface area contributed by atoms with Gasteiger partial charge in [-0.15, -0.1) is 0 Å². The smallest absolute Gasteiger partial charge is 0.0493 e. The van der Waals surface area contributed by atoms with Crippen molar-refractivity contribution in [1.29, 1.82) is 0 Å². The van der Waals surface area contributed by atoms with Gasteiger partial charge >= 0.3 is 0 Å². The Labute approximate surface area is 181 Å². The summed E-state index contributed by atoms with van der Waals surface area (Å²) in [5.41, 5.74) is 2.64. The summed E-state index contributed by atoms with van der Waals surface area (Å²) < 4.78 is 0. The Morgan fingerprint density at radius 1 is 0.931 bits per heavy atom. The second kappa shape index (κ2) is 8.33. The van der Waals surface area contributed by atoms with Crippen LogP contribution in [-0.4, -0.2) is 11.7 Å². The molecule has 2 unspecified atom stereocenters. The lowest BCUT2D eigenvalue weighted by molar-refractivity contribution is -0.114. The van der Waals surface area contributed by atoms with Gasteiger partial charge in [-0.05, 0) is 117 Å². The predicted molar refractivity (Wildman–Crippen MR) is 124 cm³/mol. The van der Waals surface area contributed by atoms with E-state index in [1.54, 1.807) is 6.42 Å². The molecule has 0 heterocycles. The van der Waals surface area contributed by atoms with Gasteiger partial charge in [0.05, 0.1) is 0 Å². The van der Waals surface area contributed by atoms with E-state index in [9.17, 15) is 5.11 Å². The highest BCUT2D eigenvalue weighted by atomic mass is 16.3. The van der Waals surface area contributed by atoms with Gasteiger partial charge in [0.15, 0.2) is 0 Å². The minimum atomic E-state index is 0.281. The molecule has 0 aromatic carbocycles. The maximum atomic E-state index is 9.45. The SMILES string of the molecule is CC(=CC[C@@H](C)[C@H]1CC[C@H]2[C@@H]3CCC4CCCC[C@]4(C)[C@H]3CC[C@]12C)C(C)CO. The first-order chi connectivity index (χ1) is 13.8. The zero-order valence-corrected chi connectivity index (χ0v) is 20.1. The molecule has 166 valence electrons. The molecule has 0 radical (unpaired) electrons. The first kappa shape index (κ1) is 21.9. The first-order valence-electron chi connectivity index (χ1n) is 13.1. The fourth-order valence-corrected chi connectivity index (χ4v) is 9.15. The zero-order valence-electron chi connectivity index (χ0n) is 20.1. The number of rotatable bonds is 5. The lowest BCUT2D eigenvalue weighted by Gasteiger charge is -2.61. The molecule has 1 N–H and O–H groups in total. The molecule has 0 aromatic rings. The summed E-state index contributed by atoms with van der Waals surface area (Å²) in [5, 5.41) is 9.45. The van der Waals surface area contributed by atoms with Crippen molar-refractivity contribution in [3.05, 3.63) is 11.6 Å². The molecule has 0 aromatic heterocycles. The lowest BCUT2D eigenvalue weighted by Crippen LogP contribution is -2.53. The molecule has 4 fully saturated rings. The van der Waals surface area contributed by atoms with E-state index in [0.717, 1.165) is 35.5 Å². The van der Waals surface area contributed by atoms with Crippen LogP contribution in [0.25, 0.3) is 0 Å². The summed E-state index contributed by atoms with van der Waals surface area (Å²) >= 11 is 0. The van der Waals surface area contributed by atoms with Crippen molar-refractivity contribution in [3.8, 4) is 0 Å². The molecule has 0 amide bonds. The van der Waals surface area contributed by atoms with E-state index in [-0.39, 0.29) is 6.61 Å². The number of hydrogen-bond donors (Lipinski definition) is 1.